The number of benzene rings is 2. The lowest BCUT2D eigenvalue weighted by atomic mass is 10.1. The molecule has 4 nitrogen and oxygen atoms in total. The van der Waals surface area contributed by atoms with E-state index in [-0.39, 0.29) is 23.6 Å². The lowest BCUT2D eigenvalue weighted by Crippen LogP contribution is -2.35. The Labute approximate surface area is 136 Å². The van der Waals surface area contributed by atoms with Gasteiger partial charge in [0, 0.05) is 6.92 Å². The Morgan fingerprint density at radius 2 is 1.52 bits per heavy atom. The number of amides is 2. The van der Waals surface area contributed by atoms with Crippen molar-refractivity contribution in [3.63, 3.8) is 0 Å². The fourth-order valence-corrected chi connectivity index (χ4v) is 2.16. The minimum atomic E-state index is -0.319. The van der Waals surface area contributed by atoms with E-state index in [9.17, 15) is 9.59 Å². The molecule has 0 aliphatic rings. The molecule has 2 rings (SSSR count). The summed E-state index contributed by atoms with van der Waals surface area (Å²) < 4.78 is 0. The molecule has 2 aromatic rings. The molecule has 23 heavy (non-hydrogen) atoms. The Kier molecular flexibility index (Phi) is 5.69. The van der Waals surface area contributed by atoms with E-state index in [0.717, 1.165) is 11.1 Å². The summed E-state index contributed by atoms with van der Waals surface area (Å²) in [7, 11) is 0. The second kappa shape index (κ2) is 7.94. The van der Waals surface area contributed by atoms with Crippen LogP contribution in [-0.4, -0.2) is 11.8 Å². The van der Waals surface area contributed by atoms with E-state index in [1.807, 2.05) is 67.6 Å². The molecule has 0 fully saturated rings. The highest BCUT2D eigenvalue weighted by atomic mass is 16.2. The molecule has 2 N–H and O–H groups in total. The summed E-state index contributed by atoms with van der Waals surface area (Å²) in [6.07, 6.45) is 1.66. The average Bonchev–Trinajstić information content (AvgIpc) is 2.55. The predicted octanol–water partition coefficient (Wildman–Crippen LogP) is 3.04. The first kappa shape index (κ1) is 16.5. The van der Waals surface area contributed by atoms with Crippen LogP contribution in [0.15, 0.2) is 66.4 Å². The zero-order valence-electron chi connectivity index (χ0n) is 13.2. The van der Waals surface area contributed by atoms with Gasteiger partial charge in [-0.15, -0.1) is 0 Å². The second-order valence-corrected chi connectivity index (χ2v) is 5.26. The molecule has 1 atom stereocenters. The Morgan fingerprint density at radius 3 is 2.09 bits per heavy atom. The predicted molar refractivity (Wildman–Crippen MR) is 91.2 cm³/mol. The molecule has 2 amide bonds. The lowest BCUT2D eigenvalue weighted by molar-refractivity contribution is -0.122. The zero-order chi connectivity index (χ0) is 16.7. The van der Waals surface area contributed by atoms with Gasteiger partial charge in [0.05, 0.1) is 6.04 Å². The summed E-state index contributed by atoms with van der Waals surface area (Å²) in [6, 6.07) is 18.9. The van der Waals surface area contributed by atoms with Crippen LogP contribution >= 0.6 is 0 Å². The topological polar surface area (TPSA) is 58.2 Å². The van der Waals surface area contributed by atoms with Crippen molar-refractivity contribution in [2.75, 3.05) is 0 Å². The summed E-state index contributed by atoms with van der Waals surface area (Å²) in [6.45, 7) is 3.29. The summed E-state index contributed by atoms with van der Waals surface area (Å²) >= 11 is 0. The van der Waals surface area contributed by atoms with E-state index >= 15 is 0 Å². The summed E-state index contributed by atoms with van der Waals surface area (Å²) in [5.41, 5.74) is 2.08. The van der Waals surface area contributed by atoms with Crippen molar-refractivity contribution in [1.82, 2.24) is 10.6 Å². The van der Waals surface area contributed by atoms with Crippen molar-refractivity contribution in [1.29, 1.82) is 0 Å². The van der Waals surface area contributed by atoms with Crippen molar-refractivity contribution in [2.45, 2.75) is 19.9 Å². The third kappa shape index (κ3) is 5.11. The second-order valence-electron chi connectivity index (χ2n) is 5.26. The van der Waals surface area contributed by atoms with Crippen LogP contribution in [0.5, 0.6) is 0 Å². The SMILES string of the molecule is CC(=O)N/C(=C\c1ccccc1)C(=O)N[C@H](C)c1ccccc1. The van der Waals surface area contributed by atoms with Crippen LogP contribution in [0, 0.1) is 0 Å². The van der Waals surface area contributed by atoms with Gasteiger partial charge < -0.3 is 10.6 Å². The smallest absolute Gasteiger partial charge is 0.268 e. The van der Waals surface area contributed by atoms with Gasteiger partial charge in [-0.3, -0.25) is 9.59 Å². The van der Waals surface area contributed by atoms with Crippen LogP contribution in [-0.2, 0) is 9.59 Å². The van der Waals surface area contributed by atoms with Gasteiger partial charge in [0.2, 0.25) is 5.91 Å². The van der Waals surface area contributed by atoms with E-state index in [4.69, 9.17) is 0 Å². The molecule has 0 aliphatic heterocycles. The normalized spacial score (nSPS) is 12.3. The van der Waals surface area contributed by atoms with Gasteiger partial charge >= 0.3 is 0 Å². The van der Waals surface area contributed by atoms with E-state index in [0.29, 0.717) is 0 Å². The van der Waals surface area contributed by atoms with Gasteiger partial charge in [0.25, 0.3) is 5.91 Å². The van der Waals surface area contributed by atoms with Crippen LogP contribution < -0.4 is 10.6 Å². The molecule has 0 saturated carbocycles. The number of hydrogen-bond donors (Lipinski definition) is 2. The highest BCUT2D eigenvalue weighted by Gasteiger charge is 2.14. The maximum absolute atomic E-state index is 12.5. The van der Waals surface area contributed by atoms with Crippen LogP contribution in [0.25, 0.3) is 6.08 Å². The van der Waals surface area contributed by atoms with Crippen molar-refractivity contribution in [2.24, 2.45) is 0 Å². The van der Waals surface area contributed by atoms with Crippen molar-refractivity contribution < 1.29 is 9.59 Å². The first-order chi connectivity index (χ1) is 11.1. The summed E-state index contributed by atoms with van der Waals surface area (Å²) in [5, 5.41) is 5.50. The number of carbonyl (C=O) groups is 2. The molecule has 0 aliphatic carbocycles. The molecule has 4 heteroatoms. The fraction of sp³-hybridized carbons (Fsp3) is 0.158. The Bertz CT molecular complexity index is 694. The van der Waals surface area contributed by atoms with Gasteiger partial charge in [-0.25, -0.2) is 0 Å². The largest absolute Gasteiger partial charge is 0.344 e. The minimum Gasteiger partial charge on any atom is -0.344 e. The Morgan fingerprint density at radius 1 is 0.957 bits per heavy atom. The van der Waals surface area contributed by atoms with Crippen LogP contribution in [0.3, 0.4) is 0 Å². The molecule has 0 radical (unpaired) electrons. The molecule has 2 aromatic carbocycles. The minimum absolute atomic E-state index is 0.156. The summed E-state index contributed by atoms with van der Waals surface area (Å²) in [5.74, 6) is -0.602. The molecular weight excluding hydrogens is 288 g/mol. The first-order valence-electron chi connectivity index (χ1n) is 7.46. The maximum Gasteiger partial charge on any atom is 0.268 e. The molecule has 0 spiro atoms. The van der Waals surface area contributed by atoms with Crippen LogP contribution in [0.2, 0.25) is 0 Å². The highest BCUT2D eigenvalue weighted by Crippen LogP contribution is 2.12. The molecule has 0 aromatic heterocycles. The average molecular weight is 308 g/mol. The third-order valence-electron chi connectivity index (χ3n) is 3.31. The zero-order valence-corrected chi connectivity index (χ0v) is 13.2. The molecule has 0 unspecified atom stereocenters. The van der Waals surface area contributed by atoms with Crippen molar-refractivity contribution >= 4 is 17.9 Å². The van der Waals surface area contributed by atoms with Crippen LogP contribution in [0.4, 0.5) is 0 Å². The Hall–Kier alpha value is -2.88. The molecule has 0 saturated heterocycles. The fourth-order valence-electron chi connectivity index (χ4n) is 2.16. The number of nitrogens with one attached hydrogen (secondary N) is 2. The Balaban J connectivity index is 2.17. The van der Waals surface area contributed by atoms with Gasteiger partial charge in [0.1, 0.15) is 5.70 Å². The van der Waals surface area contributed by atoms with Gasteiger partial charge in [-0.05, 0) is 24.1 Å². The quantitative estimate of drug-likeness (QED) is 0.834. The molecule has 118 valence electrons. The summed E-state index contributed by atoms with van der Waals surface area (Å²) in [4.78, 5) is 23.8. The first-order valence-corrected chi connectivity index (χ1v) is 7.46. The maximum atomic E-state index is 12.5. The van der Waals surface area contributed by atoms with Crippen molar-refractivity contribution in [3.05, 3.63) is 77.5 Å². The van der Waals surface area contributed by atoms with E-state index < -0.39 is 0 Å². The van der Waals surface area contributed by atoms with Gasteiger partial charge in [0.15, 0.2) is 0 Å². The molecular formula is C19H20N2O2. The lowest BCUT2D eigenvalue weighted by Gasteiger charge is -2.16. The van der Waals surface area contributed by atoms with Crippen molar-refractivity contribution in [3.8, 4) is 0 Å². The van der Waals surface area contributed by atoms with E-state index in [1.165, 1.54) is 6.92 Å². The highest BCUT2D eigenvalue weighted by molar-refractivity contribution is 6.01. The number of hydrogen-bond acceptors (Lipinski definition) is 2. The van der Waals surface area contributed by atoms with Gasteiger partial charge in [-0.2, -0.15) is 0 Å². The number of carbonyl (C=O) groups excluding carboxylic acids is 2. The molecule has 0 heterocycles. The van der Waals surface area contributed by atoms with E-state index in [1.54, 1.807) is 6.08 Å². The van der Waals surface area contributed by atoms with Gasteiger partial charge in [-0.1, -0.05) is 60.7 Å². The van der Waals surface area contributed by atoms with E-state index in [2.05, 4.69) is 10.6 Å². The standard InChI is InChI=1S/C19H20N2O2/c1-14(17-11-7-4-8-12-17)20-19(23)18(21-15(2)22)13-16-9-5-3-6-10-16/h3-14H,1-2H3,(H,20,23)(H,21,22)/b18-13-/t14-/m1/s1. The molecule has 0 bridgehead atoms. The number of rotatable bonds is 5. The monoisotopic (exact) mass is 308 g/mol. The van der Waals surface area contributed by atoms with Crippen LogP contribution in [0.1, 0.15) is 31.0 Å². The third-order valence-corrected chi connectivity index (χ3v) is 3.31.